The van der Waals surface area contributed by atoms with Crippen LogP contribution in [0.2, 0.25) is 0 Å². The maximum atomic E-state index is 11.4. The maximum absolute atomic E-state index is 11.4. The minimum atomic E-state index is -0.356. The molecule has 0 unspecified atom stereocenters. The van der Waals surface area contributed by atoms with Crippen LogP contribution < -0.4 is 5.73 Å². The molecular formula is C13H15NO2S. The molecule has 2 aromatic rings. The molecule has 3 N–H and O–H groups in total. The van der Waals surface area contributed by atoms with E-state index >= 15 is 0 Å². The first kappa shape index (κ1) is 12.1. The molecule has 1 aromatic heterocycles. The smallest absolute Gasteiger partial charge is 0.259 e. The van der Waals surface area contributed by atoms with Crippen LogP contribution in [-0.4, -0.2) is 17.6 Å². The van der Waals surface area contributed by atoms with E-state index in [0.717, 1.165) is 34.9 Å². The summed E-state index contributed by atoms with van der Waals surface area (Å²) in [4.78, 5) is 12.1. The number of benzene rings is 1. The molecule has 0 atom stereocenters. The van der Waals surface area contributed by atoms with Gasteiger partial charge in [-0.15, -0.1) is 11.3 Å². The molecule has 0 aliphatic heterocycles. The Morgan fingerprint density at radius 3 is 2.76 bits per heavy atom. The third-order valence-corrected chi connectivity index (χ3v) is 3.98. The van der Waals surface area contributed by atoms with Crippen molar-refractivity contribution in [3.05, 3.63) is 34.7 Å². The number of amides is 1. The predicted molar refractivity (Wildman–Crippen MR) is 70.4 cm³/mol. The van der Waals surface area contributed by atoms with Crippen molar-refractivity contribution in [3.63, 3.8) is 0 Å². The number of fused-ring (bicyclic) bond motifs is 1. The van der Waals surface area contributed by atoms with Gasteiger partial charge in [0.25, 0.3) is 5.91 Å². The zero-order chi connectivity index (χ0) is 12.3. The molecule has 4 heteroatoms. The van der Waals surface area contributed by atoms with E-state index in [-0.39, 0.29) is 12.5 Å². The standard InChI is InChI=1S/C13H15NO2S/c14-13(16)12-10(6-3-4-8-15)9-5-1-2-7-11(9)17-12/h1-2,5,7,15H,3-4,6,8H2,(H2,14,16). The Hall–Kier alpha value is -1.39. The summed E-state index contributed by atoms with van der Waals surface area (Å²) in [7, 11) is 0. The van der Waals surface area contributed by atoms with Gasteiger partial charge >= 0.3 is 0 Å². The molecule has 0 spiro atoms. The van der Waals surface area contributed by atoms with Crippen molar-refractivity contribution in [2.24, 2.45) is 5.73 Å². The second-order valence-electron chi connectivity index (χ2n) is 3.95. The number of primary amides is 1. The lowest BCUT2D eigenvalue weighted by Gasteiger charge is -2.01. The molecule has 90 valence electrons. The summed E-state index contributed by atoms with van der Waals surface area (Å²) in [6.07, 6.45) is 2.42. The number of carbonyl (C=O) groups excluding carboxylic acids is 1. The average Bonchev–Trinajstić information content (AvgIpc) is 2.69. The molecule has 3 nitrogen and oxygen atoms in total. The Kier molecular flexibility index (Phi) is 3.76. The maximum Gasteiger partial charge on any atom is 0.259 e. The molecule has 17 heavy (non-hydrogen) atoms. The van der Waals surface area contributed by atoms with E-state index in [1.807, 2.05) is 24.3 Å². The summed E-state index contributed by atoms with van der Waals surface area (Å²) in [5, 5.41) is 9.91. The molecule has 0 bridgehead atoms. The van der Waals surface area contributed by atoms with Crippen molar-refractivity contribution in [3.8, 4) is 0 Å². The first-order valence-electron chi connectivity index (χ1n) is 5.65. The summed E-state index contributed by atoms with van der Waals surface area (Å²) >= 11 is 1.45. The predicted octanol–water partition coefficient (Wildman–Crippen LogP) is 2.32. The molecule has 0 saturated carbocycles. The van der Waals surface area contributed by atoms with Crippen LogP contribution in [0.5, 0.6) is 0 Å². The number of thiophene rings is 1. The topological polar surface area (TPSA) is 63.3 Å². The number of aryl methyl sites for hydroxylation is 1. The number of hydrogen-bond acceptors (Lipinski definition) is 3. The Balaban J connectivity index is 2.41. The number of carbonyl (C=O) groups is 1. The highest BCUT2D eigenvalue weighted by molar-refractivity contribution is 7.21. The molecule has 0 fully saturated rings. The van der Waals surface area contributed by atoms with Crippen molar-refractivity contribution in [1.29, 1.82) is 0 Å². The first-order chi connectivity index (χ1) is 8.24. The zero-order valence-corrected chi connectivity index (χ0v) is 10.3. The third-order valence-electron chi connectivity index (χ3n) is 2.76. The van der Waals surface area contributed by atoms with Crippen LogP contribution >= 0.6 is 11.3 Å². The summed E-state index contributed by atoms with van der Waals surface area (Å²) in [6.45, 7) is 0.188. The summed E-state index contributed by atoms with van der Waals surface area (Å²) < 4.78 is 1.10. The van der Waals surface area contributed by atoms with Crippen LogP contribution in [0, 0.1) is 0 Å². The third kappa shape index (κ3) is 2.48. The van der Waals surface area contributed by atoms with E-state index in [0.29, 0.717) is 4.88 Å². The van der Waals surface area contributed by atoms with Crippen LogP contribution in [0.1, 0.15) is 28.1 Å². The molecule has 0 aliphatic rings. The fourth-order valence-corrected chi connectivity index (χ4v) is 3.06. The summed E-state index contributed by atoms with van der Waals surface area (Å²) in [5.41, 5.74) is 6.44. The number of nitrogens with two attached hydrogens (primary N) is 1. The number of hydrogen-bond donors (Lipinski definition) is 2. The van der Waals surface area contributed by atoms with Crippen LogP contribution in [0.4, 0.5) is 0 Å². The van der Waals surface area contributed by atoms with Crippen LogP contribution in [-0.2, 0) is 6.42 Å². The second-order valence-corrected chi connectivity index (χ2v) is 5.00. The molecule has 1 aromatic carbocycles. The minimum Gasteiger partial charge on any atom is -0.396 e. The van der Waals surface area contributed by atoms with Crippen molar-refractivity contribution >= 4 is 27.3 Å². The molecule has 0 aliphatic carbocycles. The van der Waals surface area contributed by atoms with Gasteiger partial charge in [0.15, 0.2) is 0 Å². The number of aliphatic hydroxyl groups excluding tert-OH is 1. The SMILES string of the molecule is NC(=O)c1sc2ccccc2c1CCCCO. The van der Waals surface area contributed by atoms with Gasteiger partial charge in [0, 0.05) is 11.3 Å². The van der Waals surface area contributed by atoms with Gasteiger partial charge in [-0.25, -0.2) is 0 Å². The summed E-state index contributed by atoms with van der Waals surface area (Å²) in [5.74, 6) is -0.356. The Morgan fingerprint density at radius 1 is 1.29 bits per heavy atom. The molecule has 0 radical (unpaired) electrons. The zero-order valence-electron chi connectivity index (χ0n) is 9.48. The Labute approximate surface area is 104 Å². The van der Waals surface area contributed by atoms with Gasteiger partial charge in [-0.1, -0.05) is 18.2 Å². The van der Waals surface area contributed by atoms with E-state index < -0.39 is 0 Å². The van der Waals surface area contributed by atoms with Crippen molar-refractivity contribution in [1.82, 2.24) is 0 Å². The lowest BCUT2D eigenvalue weighted by Crippen LogP contribution is -2.11. The lowest BCUT2D eigenvalue weighted by molar-refractivity contribution is 0.100. The van der Waals surface area contributed by atoms with E-state index in [1.165, 1.54) is 11.3 Å². The fraction of sp³-hybridized carbons (Fsp3) is 0.308. The van der Waals surface area contributed by atoms with Gasteiger partial charge in [0.05, 0.1) is 4.88 Å². The van der Waals surface area contributed by atoms with Crippen LogP contribution in [0.15, 0.2) is 24.3 Å². The van der Waals surface area contributed by atoms with E-state index in [9.17, 15) is 4.79 Å². The van der Waals surface area contributed by atoms with Gasteiger partial charge in [0.1, 0.15) is 0 Å². The van der Waals surface area contributed by atoms with Gasteiger partial charge in [-0.2, -0.15) is 0 Å². The normalized spacial score (nSPS) is 10.9. The largest absolute Gasteiger partial charge is 0.396 e. The van der Waals surface area contributed by atoms with E-state index in [4.69, 9.17) is 10.8 Å². The van der Waals surface area contributed by atoms with Crippen LogP contribution in [0.3, 0.4) is 0 Å². The second kappa shape index (κ2) is 5.29. The molecular weight excluding hydrogens is 234 g/mol. The highest BCUT2D eigenvalue weighted by atomic mass is 32.1. The van der Waals surface area contributed by atoms with E-state index in [2.05, 4.69) is 0 Å². The van der Waals surface area contributed by atoms with Gasteiger partial charge in [-0.05, 0) is 36.3 Å². The number of rotatable bonds is 5. The first-order valence-corrected chi connectivity index (χ1v) is 6.46. The lowest BCUT2D eigenvalue weighted by atomic mass is 10.0. The molecule has 2 rings (SSSR count). The molecule has 1 heterocycles. The van der Waals surface area contributed by atoms with Crippen molar-refractivity contribution in [2.45, 2.75) is 19.3 Å². The monoisotopic (exact) mass is 249 g/mol. The highest BCUT2D eigenvalue weighted by Crippen LogP contribution is 2.32. The van der Waals surface area contributed by atoms with Gasteiger partial charge in [0.2, 0.25) is 0 Å². The van der Waals surface area contributed by atoms with Gasteiger partial charge in [-0.3, -0.25) is 4.79 Å². The van der Waals surface area contributed by atoms with Crippen LogP contribution in [0.25, 0.3) is 10.1 Å². The summed E-state index contributed by atoms with van der Waals surface area (Å²) in [6, 6.07) is 7.95. The van der Waals surface area contributed by atoms with Crippen molar-refractivity contribution in [2.75, 3.05) is 6.61 Å². The van der Waals surface area contributed by atoms with Crippen molar-refractivity contribution < 1.29 is 9.90 Å². The fourth-order valence-electron chi connectivity index (χ4n) is 1.96. The quantitative estimate of drug-likeness (QED) is 0.799. The molecule has 0 saturated heterocycles. The van der Waals surface area contributed by atoms with E-state index in [1.54, 1.807) is 0 Å². The van der Waals surface area contributed by atoms with Gasteiger partial charge < -0.3 is 10.8 Å². The Morgan fingerprint density at radius 2 is 2.06 bits per heavy atom. The highest BCUT2D eigenvalue weighted by Gasteiger charge is 2.15. The number of aliphatic hydroxyl groups is 1. The minimum absolute atomic E-state index is 0.188. The number of unbranched alkanes of at least 4 members (excludes halogenated alkanes) is 1. The average molecular weight is 249 g/mol. The molecule has 1 amide bonds. The Bertz CT molecular complexity index is 533.